The molecular weight excluding hydrogens is 417 g/mol. The molecule has 1 aromatic carbocycles. The number of aliphatic imine (C=N–C) groups is 1. The van der Waals surface area contributed by atoms with Crippen molar-refractivity contribution in [1.82, 2.24) is 0 Å². The van der Waals surface area contributed by atoms with Crippen molar-refractivity contribution in [3.05, 3.63) is 57.8 Å². The maximum atomic E-state index is 13.8. The van der Waals surface area contributed by atoms with E-state index in [2.05, 4.69) is 4.99 Å². The lowest BCUT2D eigenvalue weighted by molar-refractivity contribution is 0.100. The zero-order chi connectivity index (χ0) is 21.6. The molecule has 10 heteroatoms. The summed E-state index contributed by atoms with van der Waals surface area (Å²) in [4.78, 5) is 16.0. The third-order valence-electron chi connectivity index (χ3n) is 3.81. The van der Waals surface area contributed by atoms with Crippen molar-refractivity contribution < 1.29 is 22.3 Å². The molecule has 0 aliphatic heterocycles. The SMILES string of the molecule is C/C=C/SC(N)=NC(=O)c1cc(OC2=C(S(C)(=O)=O)C=C(F)CCC2)ccc1N. The standard InChI is InChI=1S/C19H22FN3O4S2/c1-3-9-28-19(22)23-18(24)14-11-13(7-8-15(14)21)27-16-6-4-5-12(20)10-17(16)29(2,25)26/h3,7-11H,4-6,21H2,1-2H3,(H2,22,23,24)/b9-3+. The summed E-state index contributed by atoms with van der Waals surface area (Å²) in [5, 5.41) is 1.72. The fourth-order valence-corrected chi connectivity index (χ4v) is 3.81. The second kappa shape index (κ2) is 9.75. The lowest BCUT2D eigenvalue weighted by Gasteiger charge is -2.13. The van der Waals surface area contributed by atoms with Gasteiger partial charge in [-0.1, -0.05) is 17.8 Å². The van der Waals surface area contributed by atoms with Crippen molar-refractivity contribution in [1.29, 1.82) is 0 Å². The Bertz CT molecular complexity index is 1030. The molecule has 1 aliphatic carbocycles. The van der Waals surface area contributed by atoms with Gasteiger partial charge in [-0.15, -0.1) is 0 Å². The normalized spacial score (nSPS) is 16.0. The minimum Gasteiger partial charge on any atom is -0.460 e. The first-order chi connectivity index (χ1) is 13.6. The lowest BCUT2D eigenvalue weighted by atomic mass is 10.1. The minimum atomic E-state index is -3.71. The zero-order valence-corrected chi connectivity index (χ0v) is 17.6. The number of allylic oxidation sites excluding steroid dienone is 4. The van der Waals surface area contributed by atoms with Gasteiger partial charge in [0.1, 0.15) is 22.2 Å². The monoisotopic (exact) mass is 439 g/mol. The van der Waals surface area contributed by atoms with E-state index >= 15 is 0 Å². The molecule has 4 N–H and O–H groups in total. The number of hydrogen-bond acceptors (Lipinski definition) is 6. The molecule has 0 heterocycles. The van der Waals surface area contributed by atoms with Gasteiger partial charge in [0.25, 0.3) is 5.91 Å². The molecule has 0 aromatic heterocycles. The van der Waals surface area contributed by atoms with Gasteiger partial charge in [-0.05, 0) is 49.4 Å². The highest BCUT2D eigenvalue weighted by Crippen LogP contribution is 2.30. The van der Waals surface area contributed by atoms with E-state index in [9.17, 15) is 17.6 Å². The van der Waals surface area contributed by atoms with Gasteiger partial charge in [-0.2, -0.15) is 4.99 Å². The molecule has 2 rings (SSSR count). The fraction of sp³-hybridized carbons (Fsp3) is 0.263. The topological polar surface area (TPSA) is 125 Å². The number of rotatable bonds is 5. The molecule has 0 radical (unpaired) electrons. The Morgan fingerprint density at radius 1 is 1.34 bits per heavy atom. The zero-order valence-electron chi connectivity index (χ0n) is 16.0. The van der Waals surface area contributed by atoms with Crippen LogP contribution < -0.4 is 16.2 Å². The fourth-order valence-electron chi connectivity index (χ4n) is 2.50. The first kappa shape index (κ1) is 22.7. The number of halogens is 1. The summed E-state index contributed by atoms with van der Waals surface area (Å²) in [5.41, 5.74) is 11.8. The quantitative estimate of drug-likeness (QED) is 0.407. The summed E-state index contributed by atoms with van der Waals surface area (Å²) in [5.74, 6) is -0.897. The summed E-state index contributed by atoms with van der Waals surface area (Å²) in [6.07, 6.45) is 4.45. The van der Waals surface area contributed by atoms with E-state index in [1.165, 1.54) is 18.2 Å². The Hall–Kier alpha value is -2.59. The van der Waals surface area contributed by atoms with Crippen molar-refractivity contribution in [2.24, 2.45) is 10.7 Å². The number of nitrogens with two attached hydrogens (primary N) is 2. The number of sulfone groups is 1. The van der Waals surface area contributed by atoms with Gasteiger partial charge in [-0.3, -0.25) is 4.79 Å². The van der Waals surface area contributed by atoms with Gasteiger partial charge in [0.15, 0.2) is 15.0 Å². The first-order valence-corrected chi connectivity index (χ1v) is 11.4. The van der Waals surface area contributed by atoms with Crippen LogP contribution in [0.25, 0.3) is 0 Å². The Labute approximate surface area is 173 Å². The molecule has 0 saturated heterocycles. The molecule has 7 nitrogen and oxygen atoms in total. The molecule has 0 saturated carbocycles. The molecule has 0 spiro atoms. The molecule has 156 valence electrons. The van der Waals surface area contributed by atoms with E-state index in [1.54, 1.807) is 18.4 Å². The molecule has 0 fully saturated rings. The van der Waals surface area contributed by atoms with Crippen molar-refractivity contribution in [2.75, 3.05) is 12.0 Å². The number of anilines is 1. The average Bonchev–Trinajstić information content (AvgIpc) is 2.82. The number of ether oxygens (including phenoxy) is 1. The van der Waals surface area contributed by atoms with Gasteiger partial charge in [-0.25, -0.2) is 12.8 Å². The predicted octanol–water partition coefficient (Wildman–Crippen LogP) is 3.66. The van der Waals surface area contributed by atoms with Crippen LogP contribution in [0.2, 0.25) is 0 Å². The molecule has 1 amide bonds. The third-order valence-corrected chi connectivity index (χ3v) is 5.70. The van der Waals surface area contributed by atoms with E-state index in [-0.39, 0.29) is 45.7 Å². The molecule has 29 heavy (non-hydrogen) atoms. The number of carbonyl (C=O) groups is 1. The Morgan fingerprint density at radius 3 is 2.72 bits per heavy atom. The maximum absolute atomic E-state index is 13.8. The maximum Gasteiger partial charge on any atom is 0.281 e. The number of amidine groups is 1. The Morgan fingerprint density at radius 2 is 2.07 bits per heavy atom. The summed E-state index contributed by atoms with van der Waals surface area (Å²) in [6, 6.07) is 4.29. The molecule has 0 unspecified atom stereocenters. The lowest BCUT2D eigenvalue weighted by Crippen LogP contribution is -2.11. The van der Waals surface area contributed by atoms with E-state index in [1.807, 2.05) is 0 Å². The number of amides is 1. The Balaban J connectivity index is 2.39. The highest BCUT2D eigenvalue weighted by Gasteiger charge is 2.22. The largest absolute Gasteiger partial charge is 0.460 e. The van der Waals surface area contributed by atoms with Crippen LogP contribution >= 0.6 is 11.8 Å². The Kier molecular flexibility index (Phi) is 7.63. The molecule has 0 bridgehead atoms. The number of benzene rings is 1. The minimum absolute atomic E-state index is 0.0465. The van der Waals surface area contributed by atoms with Gasteiger partial charge in [0, 0.05) is 18.4 Å². The molecule has 0 atom stereocenters. The van der Waals surface area contributed by atoms with Crippen molar-refractivity contribution in [3.8, 4) is 5.75 Å². The van der Waals surface area contributed by atoms with E-state index in [0.717, 1.165) is 24.1 Å². The molecular formula is C19H22FN3O4S2. The number of hydrogen-bond donors (Lipinski definition) is 2. The van der Waals surface area contributed by atoms with Crippen LogP contribution in [0, 0.1) is 0 Å². The molecule has 1 aromatic rings. The van der Waals surface area contributed by atoms with Crippen molar-refractivity contribution in [3.63, 3.8) is 0 Å². The van der Waals surface area contributed by atoms with Crippen LogP contribution in [0.1, 0.15) is 36.5 Å². The number of carbonyl (C=O) groups excluding carboxylic acids is 1. The summed E-state index contributed by atoms with van der Waals surface area (Å²) >= 11 is 1.08. The third kappa shape index (κ3) is 6.47. The van der Waals surface area contributed by atoms with Crippen LogP contribution in [0.4, 0.5) is 10.1 Å². The predicted molar refractivity (Wildman–Crippen MR) is 115 cm³/mol. The number of thioether (sulfide) groups is 1. The average molecular weight is 440 g/mol. The second-order valence-corrected chi connectivity index (χ2v) is 9.11. The van der Waals surface area contributed by atoms with Crippen LogP contribution in [0.5, 0.6) is 5.75 Å². The van der Waals surface area contributed by atoms with Crippen LogP contribution in [-0.2, 0) is 9.84 Å². The van der Waals surface area contributed by atoms with Crippen LogP contribution in [0.3, 0.4) is 0 Å². The van der Waals surface area contributed by atoms with Crippen LogP contribution in [0.15, 0.2) is 57.2 Å². The first-order valence-electron chi connectivity index (χ1n) is 8.64. The van der Waals surface area contributed by atoms with Gasteiger partial charge < -0.3 is 16.2 Å². The van der Waals surface area contributed by atoms with Gasteiger partial charge in [0.2, 0.25) is 0 Å². The summed E-state index contributed by atoms with van der Waals surface area (Å²) in [7, 11) is -3.71. The number of nitrogens with zero attached hydrogens (tertiary/aromatic N) is 1. The van der Waals surface area contributed by atoms with E-state index < -0.39 is 21.6 Å². The van der Waals surface area contributed by atoms with E-state index in [0.29, 0.717) is 6.42 Å². The van der Waals surface area contributed by atoms with Gasteiger partial charge in [0.05, 0.1) is 5.56 Å². The van der Waals surface area contributed by atoms with Crippen LogP contribution in [-0.4, -0.2) is 25.7 Å². The summed E-state index contributed by atoms with van der Waals surface area (Å²) < 4.78 is 43.6. The van der Waals surface area contributed by atoms with Crippen molar-refractivity contribution in [2.45, 2.75) is 26.2 Å². The number of nitrogen functional groups attached to an aromatic ring is 1. The highest BCUT2D eigenvalue weighted by atomic mass is 32.2. The highest BCUT2D eigenvalue weighted by molar-refractivity contribution is 8.16. The second-order valence-electron chi connectivity index (χ2n) is 6.20. The van der Waals surface area contributed by atoms with Crippen molar-refractivity contribution >= 4 is 38.4 Å². The molecule has 1 aliphatic rings. The summed E-state index contributed by atoms with van der Waals surface area (Å²) in [6.45, 7) is 1.80. The smallest absolute Gasteiger partial charge is 0.281 e. The van der Waals surface area contributed by atoms with E-state index in [4.69, 9.17) is 16.2 Å². The van der Waals surface area contributed by atoms with Gasteiger partial charge >= 0.3 is 0 Å².